The SMILES string of the molecule is C=CCCc1ccc(C(C)C)cc1.CC.CC(C)c1ccc(CCC2CC2)cc1. The Kier molecular flexibility index (Phi) is 12.4. The zero-order valence-corrected chi connectivity index (χ0v) is 19.9. The molecule has 1 aliphatic carbocycles. The molecule has 0 atom stereocenters. The van der Waals surface area contributed by atoms with E-state index in [9.17, 15) is 0 Å². The van der Waals surface area contributed by atoms with Crippen LogP contribution in [-0.2, 0) is 12.8 Å². The average Bonchev–Trinajstić information content (AvgIpc) is 3.58. The second-order valence-electron chi connectivity index (χ2n) is 8.60. The minimum atomic E-state index is 0.633. The predicted octanol–water partition coefficient (Wildman–Crippen LogP) is 9.11. The molecule has 1 aliphatic rings. The fourth-order valence-electron chi connectivity index (χ4n) is 3.18. The molecule has 0 heterocycles. The average molecular weight is 393 g/mol. The molecule has 1 saturated carbocycles. The van der Waals surface area contributed by atoms with Crippen molar-refractivity contribution in [2.24, 2.45) is 5.92 Å². The van der Waals surface area contributed by atoms with Gasteiger partial charge < -0.3 is 0 Å². The smallest absolute Gasteiger partial charge is 0.0219 e. The van der Waals surface area contributed by atoms with E-state index >= 15 is 0 Å². The van der Waals surface area contributed by atoms with Gasteiger partial charge in [-0.1, -0.05) is 109 Å². The summed E-state index contributed by atoms with van der Waals surface area (Å²) in [5.41, 5.74) is 5.80. The summed E-state index contributed by atoms with van der Waals surface area (Å²) in [4.78, 5) is 0. The number of aryl methyl sites for hydroxylation is 2. The third-order valence-corrected chi connectivity index (χ3v) is 5.47. The first-order chi connectivity index (χ1) is 14.0. The van der Waals surface area contributed by atoms with Crippen molar-refractivity contribution in [1.82, 2.24) is 0 Å². The van der Waals surface area contributed by atoms with Crippen molar-refractivity contribution in [2.45, 2.75) is 91.9 Å². The molecule has 0 N–H and O–H groups in total. The van der Waals surface area contributed by atoms with E-state index < -0.39 is 0 Å². The van der Waals surface area contributed by atoms with Gasteiger partial charge in [0, 0.05) is 0 Å². The van der Waals surface area contributed by atoms with Gasteiger partial charge in [-0.3, -0.25) is 0 Å². The molecule has 0 amide bonds. The lowest BCUT2D eigenvalue weighted by Crippen LogP contribution is -1.90. The Labute approximate surface area is 181 Å². The lowest BCUT2D eigenvalue weighted by atomic mass is 10.00. The number of hydrogen-bond donors (Lipinski definition) is 0. The maximum Gasteiger partial charge on any atom is -0.0219 e. The fraction of sp³-hybridized carbons (Fsp3) is 0.517. The summed E-state index contributed by atoms with van der Waals surface area (Å²) < 4.78 is 0. The Hall–Kier alpha value is -1.82. The van der Waals surface area contributed by atoms with Crippen LogP contribution in [0, 0.1) is 5.92 Å². The largest absolute Gasteiger partial charge is 0.103 e. The van der Waals surface area contributed by atoms with Gasteiger partial charge in [-0.25, -0.2) is 0 Å². The van der Waals surface area contributed by atoms with Gasteiger partial charge in [-0.05, 0) is 65.7 Å². The maximum atomic E-state index is 3.72. The Balaban J connectivity index is 0.000000268. The summed E-state index contributed by atoms with van der Waals surface area (Å²) in [6.07, 6.45) is 9.79. The van der Waals surface area contributed by atoms with E-state index in [2.05, 4.69) is 82.8 Å². The first kappa shape index (κ1) is 25.2. The zero-order valence-electron chi connectivity index (χ0n) is 19.9. The van der Waals surface area contributed by atoms with Gasteiger partial charge in [0.25, 0.3) is 0 Å². The first-order valence-electron chi connectivity index (χ1n) is 11.8. The maximum absolute atomic E-state index is 3.72. The molecule has 0 heteroatoms. The molecule has 0 aromatic heterocycles. The highest BCUT2D eigenvalue weighted by atomic mass is 14.3. The topological polar surface area (TPSA) is 0 Å². The molecule has 29 heavy (non-hydrogen) atoms. The molecule has 0 unspecified atom stereocenters. The number of rotatable bonds is 8. The highest BCUT2D eigenvalue weighted by Crippen LogP contribution is 2.33. The second-order valence-corrected chi connectivity index (χ2v) is 8.60. The molecule has 0 aliphatic heterocycles. The van der Waals surface area contributed by atoms with Crippen LogP contribution in [0.25, 0.3) is 0 Å². The third-order valence-electron chi connectivity index (χ3n) is 5.47. The van der Waals surface area contributed by atoms with E-state index in [1.165, 1.54) is 47.9 Å². The van der Waals surface area contributed by atoms with E-state index in [0.717, 1.165) is 18.8 Å². The van der Waals surface area contributed by atoms with Crippen LogP contribution in [0.1, 0.15) is 101 Å². The molecule has 0 radical (unpaired) electrons. The van der Waals surface area contributed by atoms with Crippen LogP contribution >= 0.6 is 0 Å². The van der Waals surface area contributed by atoms with Gasteiger partial charge in [-0.15, -0.1) is 6.58 Å². The third kappa shape index (κ3) is 10.5. The normalized spacial score (nSPS) is 12.7. The van der Waals surface area contributed by atoms with E-state index in [4.69, 9.17) is 0 Å². The lowest BCUT2D eigenvalue weighted by Gasteiger charge is -2.06. The van der Waals surface area contributed by atoms with Crippen molar-refractivity contribution in [3.63, 3.8) is 0 Å². The number of hydrogen-bond acceptors (Lipinski definition) is 0. The molecule has 2 aromatic rings. The van der Waals surface area contributed by atoms with Crippen LogP contribution in [0.15, 0.2) is 61.2 Å². The monoisotopic (exact) mass is 392 g/mol. The fourth-order valence-corrected chi connectivity index (χ4v) is 3.18. The first-order valence-corrected chi connectivity index (χ1v) is 11.8. The molecule has 0 bridgehead atoms. The Morgan fingerprint density at radius 2 is 1.17 bits per heavy atom. The van der Waals surface area contributed by atoms with Crippen LogP contribution in [0.5, 0.6) is 0 Å². The van der Waals surface area contributed by atoms with E-state index in [0.29, 0.717) is 11.8 Å². The van der Waals surface area contributed by atoms with Crippen molar-refractivity contribution in [3.8, 4) is 0 Å². The molecule has 0 saturated heterocycles. The van der Waals surface area contributed by atoms with Gasteiger partial charge in [-0.2, -0.15) is 0 Å². The molecular weight excluding hydrogens is 348 g/mol. The van der Waals surface area contributed by atoms with Gasteiger partial charge in [0.15, 0.2) is 0 Å². The minimum absolute atomic E-state index is 0.633. The number of benzene rings is 2. The predicted molar refractivity (Wildman–Crippen MR) is 132 cm³/mol. The van der Waals surface area contributed by atoms with Gasteiger partial charge in [0.05, 0.1) is 0 Å². The molecule has 1 fully saturated rings. The molecule has 3 rings (SSSR count). The quantitative estimate of drug-likeness (QED) is 0.393. The van der Waals surface area contributed by atoms with Crippen molar-refractivity contribution >= 4 is 0 Å². The van der Waals surface area contributed by atoms with E-state index in [1.807, 2.05) is 19.9 Å². The van der Waals surface area contributed by atoms with Gasteiger partial charge in [0.2, 0.25) is 0 Å². The van der Waals surface area contributed by atoms with Crippen LogP contribution < -0.4 is 0 Å². The molecular formula is C29H44. The highest BCUT2D eigenvalue weighted by Gasteiger charge is 2.20. The summed E-state index contributed by atoms with van der Waals surface area (Å²) in [6.45, 7) is 16.7. The van der Waals surface area contributed by atoms with Crippen molar-refractivity contribution in [3.05, 3.63) is 83.4 Å². The van der Waals surface area contributed by atoms with Gasteiger partial charge in [0.1, 0.15) is 0 Å². The lowest BCUT2D eigenvalue weighted by molar-refractivity contribution is 0.726. The highest BCUT2D eigenvalue weighted by molar-refractivity contribution is 5.25. The van der Waals surface area contributed by atoms with E-state index in [-0.39, 0.29) is 0 Å². The molecule has 160 valence electrons. The standard InChI is InChI=1S/C14H20.C13H18.C2H6/c1-11(2)14-9-7-13(8-10-14)6-5-12-3-4-12;1-4-5-6-12-7-9-13(10-8-12)11(2)3;1-2/h7-12H,3-6H2,1-2H3;4,7-11H,1,5-6H2,2-3H3;1-2H3. The van der Waals surface area contributed by atoms with Crippen LogP contribution in [-0.4, -0.2) is 0 Å². The van der Waals surface area contributed by atoms with Crippen LogP contribution in [0.2, 0.25) is 0 Å². The second kappa shape index (κ2) is 14.2. The summed E-state index contributed by atoms with van der Waals surface area (Å²) in [6, 6.07) is 18.1. The zero-order chi connectivity index (χ0) is 21.6. The minimum Gasteiger partial charge on any atom is -0.103 e. The van der Waals surface area contributed by atoms with Crippen LogP contribution in [0.4, 0.5) is 0 Å². The van der Waals surface area contributed by atoms with E-state index in [1.54, 1.807) is 0 Å². The van der Waals surface area contributed by atoms with Crippen molar-refractivity contribution in [2.75, 3.05) is 0 Å². The molecule has 0 spiro atoms. The van der Waals surface area contributed by atoms with Crippen LogP contribution in [0.3, 0.4) is 0 Å². The summed E-state index contributed by atoms with van der Waals surface area (Å²) in [5, 5.41) is 0. The summed E-state index contributed by atoms with van der Waals surface area (Å²) >= 11 is 0. The summed E-state index contributed by atoms with van der Waals surface area (Å²) in [5.74, 6) is 2.35. The Morgan fingerprint density at radius 1 is 0.759 bits per heavy atom. The summed E-state index contributed by atoms with van der Waals surface area (Å²) in [7, 11) is 0. The van der Waals surface area contributed by atoms with Crippen molar-refractivity contribution < 1.29 is 0 Å². The molecule has 2 aromatic carbocycles. The number of allylic oxidation sites excluding steroid dienone is 1. The Bertz CT molecular complexity index is 654. The van der Waals surface area contributed by atoms with Gasteiger partial charge >= 0.3 is 0 Å². The molecule has 0 nitrogen and oxygen atoms in total. The Morgan fingerprint density at radius 3 is 1.52 bits per heavy atom. The van der Waals surface area contributed by atoms with Crippen molar-refractivity contribution in [1.29, 1.82) is 0 Å².